The summed E-state index contributed by atoms with van der Waals surface area (Å²) in [5, 5.41) is 3.24. The fraction of sp³-hybridized carbons (Fsp3) is 0.480. The van der Waals surface area contributed by atoms with Gasteiger partial charge in [-0.25, -0.2) is 8.42 Å². The lowest BCUT2D eigenvalue weighted by molar-refractivity contribution is -0.131. The highest BCUT2D eigenvalue weighted by molar-refractivity contribution is 7.89. The van der Waals surface area contributed by atoms with Gasteiger partial charge >= 0.3 is 0 Å². The second kappa shape index (κ2) is 10.6. The second-order valence-electron chi connectivity index (χ2n) is 8.78. The quantitative estimate of drug-likeness (QED) is 0.661. The zero-order chi connectivity index (χ0) is 23.3. The Bertz CT molecular complexity index is 1010. The standard InChI is InChI=1S/C25H35N3O3S/c1-19-16-20(2)25(21(3)17-19)32(30,31)28(18-22(4)23-8-6-5-7-9-23)13-10-24(29)27-14-11-26-12-15-27/h5-9,16-17,22,26H,10-15,18H2,1-4H3. The minimum absolute atomic E-state index is 0.00586. The number of benzene rings is 2. The largest absolute Gasteiger partial charge is 0.340 e. The van der Waals surface area contributed by atoms with Crippen molar-refractivity contribution in [2.45, 2.75) is 44.9 Å². The van der Waals surface area contributed by atoms with Gasteiger partial charge in [-0.1, -0.05) is 55.0 Å². The number of rotatable bonds is 8. The molecule has 6 nitrogen and oxygen atoms in total. The average Bonchev–Trinajstić information content (AvgIpc) is 2.76. The molecule has 1 heterocycles. The van der Waals surface area contributed by atoms with Crippen molar-refractivity contribution in [3.8, 4) is 0 Å². The predicted molar refractivity (Wildman–Crippen MR) is 128 cm³/mol. The number of piperazine rings is 1. The fourth-order valence-corrected chi connectivity index (χ4v) is 6.44. The van der Waals surface area contributed by atoms with Crippen molar-refractivity contribution in [2.75, 3.05) is 39.3 Å². The Morgan fingerprint density at radius 2 is 1.66 bits per heavy atom. The summed E-state index contributed by atoms with van der Waals surface area (Å²) in [4.78, 5) is 15.0. The molecule has 0 saturated carbocycles. The molecule has 0 aromatic heterocycles. The summed E-state index contributed by atoms with van der Waals surface area (Å²) in [5.41, 5.74) is 3.61. The number of carbonyl (C=O) groups excluding carboxylic acids is 1. The van der Waals surface area contributed by atoms with Crippen LogP contribution in [-0.2, 0) is 14.8 Å². The van der Waals surface area contributed by atoms with Crippen molar-refractivity contribution in [3.63, 3.8) is 0 Å². The number of aryl methyl sites for hydroxylation is 3. The van der Waals surface area contributed by atoms with Crippen LogP contribution in [0.4, 0.5) is 0 Å². The third-order valence-electron chi connectivity index (χ3n) is 6.09. The summed E-state index contributed by atoms with van der Waals surface area (Å²) >= 11 is 0. The van der Waals surface area contributed by atoms with Crippen LogP contribution >= 0.6 is 0 Å². The number of carbonyl (C=O) groups is 1. The molecule has 3 rings (SSSR count). The molecule has 0 spiro atoms. The maximum absolute atomic E-state index is 13.8. The number of nitrogens with one attached hydrogen (secondary N) is 1. The van der Waals surface area contributed by atoms with Gasteiger partial charge in [-0.2, -0.15) is 4.31 Å². The number of sulfonamides is 1. The van der Waals surface area contributed by atoms with E-state index in [2.05, 4.69) is 5.32 Å². The minimum atomic E-state index is -3.76. The lowest BCUT2D eigenvalue weighted by Crippen LogP contribution is -2.47. The van der Waals surface area contributed by atoms with Crippen molar-refractivity contribution in [1.29, 1.82) is 0 Å². The fourth-order valence-electron chi connectivity index (χ4n) is 4.50. The molecule has 32 heavy (non-hydrogen) atoms. The molecule has 1 aliphatic rings. The van der Waals surface area contributed by atoms with Gasteiger partial charge in [-0.3, -0.25) is 4.79 Å². The van der Waals surface area contributed by atoms with Crippen molar-refractivity contribution in [3.05, 3.63) is 64.7 Å². The van der Waals surface area contributed by atoms with Crippen LogP contribution in [0.3, 0.4) is 0 Å². The van der Waals surface area contributed by atoms with E-state index in [1.165, 1.54) is 4.31 Å². The molecule has 0 aliphatic carbocycles. The van der Waals surface area contributed by atoms with Crippen molar-refractivity contribution < 1.29 is 13.2 Å². The van der Waals surface area contributed by atoms with Crippen LogP contribution in [0.1, 0.15) is 41.5 Å². The summed E-state index contributed by atoms with van der Waals surface area (Å²) in [6, 6.07) is 13.7. The first-order valence-electron chi connectivity index (χ1n) is 11.3. The molecule has 1 atom stereocenters. The number of hydrogen-bond donors (Lipinski definition) is 1. The van der Waals surface area contributed by atoms with Crippen molar-refractivity contribution in [2.24, 2.45) is 0 Å². The smallest absolute Gasteiger partial charge is 0.243 e. The summed E-state index contributed by atoms with van der Waals surface area (Å²) in [6.45, 7) is 11.1. The Kier molecular flexibility index (Phi) is 8.09. The van der Waals surface area contributed by atoms with E-state index >= 15 is 0 Å². The van der Waals surface area contributed by atoms with Gasteiger partial charge in [0.15, 0.2) is 0 Å². The molecule has 2 aromatic rings. The first kappa shape index (κ1) is 24.4. The van der Waals surface area contributed by atoms with Gasteiger partial charge in [-0.15, -0.1) is 0 Å². The normalized spacial score (nSPS) is 15.7. The molecule has 2 aromatic carbocycles. The van der Waals surface area contributed by atoms with Crippen LogP contribution in [-0.4, -0.2) is 62.8 Å². The van der Waals surface area contributed by atoms with Gasteiger partial charge in [-0.05, 0) is 43.4 Å². The summed E-state index contributed by atoms with van der Waals surface area (Å²) in [5.74, 6) is 0.0164. The van der Waals surface area contributed by atoms with Crippen LogP contribution in [0.2, 0.25) is 0 Å². The molecular weight excluding hydrogens is 422 g/mol. The third kappa shape index (κ3) is 5.77. The highest BCUT2D eigenvalue weighted by Gasteiger charge is 2.30. The Balaban J connectivity index is 1.87. The Labute approximate surface area is 192 Å². The average molecular weight is 458 g/mol. The lowest BCUT2D eigenvalue weighted by Gasteiger charge is -2.30. The lowest BCUT2D eigenvalue weighted by atomic mass is 10.0. The zero-order valence-corrected chi connectivity index (χ0v) is 20.4. The molecule has 1 amide bonds. The van der Waals surface area contributed by atoms with Crippen LogP contribution in [0.15, 0.2) is 47.4 Å². The monoisotopic (exact) mass is 457 g/mol. The van der Waals surface area contributed by atoms with Crippen molar-refractivity contribution >= 4 is 15.9 Å². The second-order valence-corrected chi connectivity index (χ2v) is 10.7. The van der Waals surface area contributed by atoms with E-state index in [0.717, 1.165) is 35.3 Å². The number of amides is 1. The molecule has 1 saturated heterocycles. The highest BCUT2D eigenvalue weighted by atomic mass is 32.2. The van der Waals surface area contributed by atoms with Gasteiger partial charge < -0.3 is 10.2 Å². The Morgan fingerprint density at radius 3 is 2.25 bits per heavy atom. The molecule has 174 valence electrons. The van der Waals surface area contributed by atoms with Gasteiger partial charge in [0.1, 0.15) is 0 Å². The van der Waals surface area contributed by atoms with Crippen molar-refractivity contribution in [1.82, 2.24) is 14.5 Å². The van der Waals surface area contributed by atoms with E-state index in [-0.39, 0.29) is 24.8 Å². The predicted octanol–water partition coefficient (Wildman–Crippen LogP) is 3.23. The number of hydrogen-bond acceptors (Lipinski definition) is 4. The van der Waals surface area contributed by atoms with E-state index in [4.69, 9.17) is 0 Å². The molecular formula is C25H35N3O3S. The Morgan fingerprint density at radius 1 is 1.06 bits per heavy atom. The molecule has 1 unspecified atom stereocenters. The van der Waals surface area contributed by atoms with E-state index in [1.807, 2.05) is 75.1 Å². The third-order valence-corrected chi connectivity index (χ3v) is 8.26. The topological polar surface area (TPSA) is 69.7 Å². The first-order chi connectivity index (χ1) is 15.2. The SMILES string of the molecule is Cc1cc(C)c(S(=O)(=O)N(CCC(=O)N2CCNCC2)CC(C)c2ccccc2)c(C)c1. The van der Waals surface area contributed by atoms with Gasteiger partial charge in [0.2, 0.25) is 15.9 Å². The molecule has 0 bridgehead atoms. The molecule has 1 fully saturated rings. The summed E-state index contributed by atoms with van der Waals surface area (Å²) in [7, 11) is -3.76. The molecule has 1 aliphatic heterocycles. The molecule has 0 radical (unpaired) electrons. The summed E-state index contributed by atoms with van der Waals surface area (Å²) < 4.78 is 29.2. The minimum Gasteiger partial charge on any atom is -0.340 e. The Hall–Kier alpha value is -2.22. The first-order valence-corrected chi connectivity index (χ1v) is 12.8. The maximum Gasteiger partial charge on any atom is 0.243 e. The van der Waals surface area contributed by atoms with Crippen LogP contribution in [0.5, 0.6) is 0 Å². The van der Waals surface area contributed by atoms with E-state index < -0.39 is 10.0 Å². The number of nitrogens with zero attached hydrogens (tertiary/aromatic N) is 2. The van der Waals surface area contributed by atoms with Crippen LogP contribution in [0, 0.1) is 20.8 Å². The molecule has 1 N–H and O–H groups in total. The van der Waals surface area contributed by atoms with Crippen LogP contribution in [0.25, 0.3) is 0 Å². The van der Waals surface area contributed by atoms with Gasteiger partial charge in [0, 0.05) is 45.7 Å². The molecule has 7 heteroatoms. The van der Waals surface area contributed by atoms with Crippen LogP contribution < -0.4 is 5.32 Å². The van der Waals surface area contributed by atoms with E-state index in [9.17, 15) is 13.2 Å². The van der Waals surface area contributed by atoms with E-state index in [0.29, 0.717) is 24.5 Å². The van der Waals surface area contributed by atoms with Gasteiger partial charge in [0.25, 0.3) is 0 Å². The van der Waals surface area contributed by atoms with Gasteiger partial charge in [0.05, 0.1) is 4.90 Å². The maximum atomic E-state index is 13.8. The highest BCUT2D eigenvalue weighted by Crippen LogP contribution is 2.28. The van der Waals surface area contributed by atoms with E-state index in [1.54, 1.807) is 0 Å². The zero-order valence-electron chi connectivity index (χ0n) is 19.6. The summed E-state index contributed by atoms with van der Waals surface area (Å²) in [6.07, 6.45) is 0.185.